The van der Waals surface area contributed by atoms with Gasteiger partial charge in [0.1, 0.15) is 5.75 Å². The first-order valence-electron chi connectivity index (χ1n) is 7.97. The number of carbonyl (C=O) groups excluding carboxylic acids is 2. The minimum Gasteiger partial charge on any atom is -0.497 e. The maximum atomic E-state index is 12.3. The Bertz CT molecular complexity index is 749. The Morgan fingerprint density at radius 1 is 1.04 bits per heavy atom. The third-order valence-corrected chi connectivity index (χ3v) is 3.36. The lowest BCUT2D eigenvalue weighted by Gasteiger charge is -2.20. The van der Waals surface area contributed by atoms with Gasteiger partial charge in [-0.05, 0) is 44.5 Å². The molecule has 0 aliphatic heterocycles. The summed E-state index contributed by atoms with van der Waals surface area (Å²) < 4.78 is 5.10. The summed E-state index contributed by atoms with van der Waals surface area (Å²) in [5.74, 6) is 0.218. The van der Waals surface area contributed by atoms with Crippen molar-refractivity contribution in [2.45, 2.75) is 32.9 Å². The maximum Gasteiger partial charge on any atom is 0.253 e. The minimum atomic E-state index is -0.357. The summed E-state index contributed by atoms with van der Waals surface area (Å²) in [5.41, 5.74) is 1.29. The molecule has 25 heavy (non-hydrogen) atoms. The fourth-order valence-corrected chi connectivity index (χ4v) is 2.13. The number of amides is 2. The molecular formula is C19H23N3O3. The van der Waals surface area contributed by atoms with E-state index in [1.807, 2.05) is 45.0 Å². The van der Waals surface area contributed by atoms with Gasteiger partial charge in [-0.15, -0.1) is 0 Å². The summed E-state index contributed by atoms with van der Waals surface area (Å²) in [6.45, 7) is 6.05. The number of benzene rings is 1. The van der Waals surface area contributed by atoms with Crippen LogP contribution in [-0.4, -0.2) is 29.4 Å². The normalized spacial score (nSPS) is 10.9. The van der Waals surface area contributed by atoms with Crippen molar-refractivity contribution in [2.24, 2.45) is 0 Å². The molecule has 0 bridgehead atoms. The van der Waals surface area contributed by atoms with Crippen molar-refractivity contribution in [3.63, 3.8) is 0 Å². The molecule has 2 aromatic rings. The second-order valence-corrected chi connectivity index (χ2v) is 6.70. The smallest absolute Gasteiger partial charge is 0.253 e. The number of nitrogens with one attached hydrogen (secondary N) is 2. The molecule has 0 unspecified atom stereocenters. The van der Waals surface area contributed by atoms with Gasteiger partial charge in [0.05, 0.1) is 18.2 Å². The van der Waals surface area contributed by atoms with Crippen LogP contribution in [0.15, 0.2) is 42.7 Å². The predicted octanol–water partition coefficient (Wildman–Crippen LogP) is 2.55. The van der Waals surface area contributed by atoms with Gasteiger partial charge in [-0.2, -0.15) is 0 Å². The molecule has 2 amide bonds. The standard InChI is InChI=1S/C19H23N3O3/c1-19(2,3)22-18(24)15-9-14(11-20-12-15)17(23)21-10-13-5-7-16(25-4)8-6-13/h5-9,11-12H,10H2,1-4H3,(H,21,23)(H,22,24). The number of hydrogen-bond donors (Lipinski definition) is 2. The average Bonchev–Trinajstić information content (AvgIpc) is 2.58. The van der Waals surface area contributed by atoms with Crippen LogP contribution in [0.5, 0.6) is 5.75 Å². The van der Waals surface area contributed by atoms with Crippen LogP contribution < -0.4 is 15.4 Å². The molecule has 0 fully saturated rings. The van der Waals surface area contributed by atoms with Crippen molar-refractivity contribution >= 4 is 11.8 Å². The summed E-state index contributed by atoms with van der Waals surface area (Å²) in [6.07, 6.45) is 2.89. The third kappa shape index (κ3) is 5.60. The number of pyridine rings is 1. The van der Waals surface area contributed by atoms with E-state index in [1.54, 1.807) is 7.11 Å². The molecule has 0 aliphatic rings. The zero-order chi connectivity index (χ0) is 18.4. The lowest BCUT2D eigenvalue weighted by molar-refractivity contribution is 0.0919. The molecule has 0 saturated heterocycles. The molecule has 1 aromatic carbocycles. The number of carbonyl (C=O) groups is 2. The Labute approximate surface area is 147 Å². The predicted molar refractivity (Wildman–Crippen MR) is 95.6 cm³/mol. The highest BCUT2D eigenvalue weighted by molar-refractivity contribution is 5.99. The van der Waals surface area contributed by atoms with E-state index in [1.165, 1.54) is 18.5 Å². The fourth-order valence-electron chi connectivity index (χ4n) is 2.13. The van der Waals surface area contributed by atoms with Crippen LogP contribution in [0, 0.1) is 0 Å². The molecule has 132 valence electrons. The summed E-state index contributed by atoms with van der Waals surface area (Å²) in [6, 6.07) is 8.97. The molecule has 0 spiro atoms. The zero-order valence-corrected chi connectivity index (χ0v) is 14.9. The van der Waals surface area contributed by atoms with E-state index in [2.05, 4.69) is 15.6 Å². The molecule has 0 radical (unpaired) electrons. The number of ether oxygens (including phenoxy) is 1. The Kier molecular flexibility index (Phi) is 5.75. The Morgan fingerprint density at radius 3 is 2.20 bits per heavy atom. The molecule has 0 atom stereocenters. The van der Waals surface area contributed by atoms with Crippen molar-refractivity contribution in [3.05, 3.63) is 59.4 Å². The Balaban J connectivity index is 2.01. The first-order chi connectivity index (χ1) is 11.8. The molecular weight excluding hydrogens is 318 g/mol. The van der Waals surface area contributed by atoms with Gasteiger partial charge in [-0.25, -0.2) is 0 Å². The van der Waals surface area contributed by atoms with E-state index in [0.717, 1.165) is 11.3 Å². The van der Waals surface area contributed by atoms with Crippen LogP contribution in [0.4, 0.5) is 0 Å². The van der Waals surface area contributed by atoms with E-state index >= 15 is 0 Å². The van der Waals surface area contributed by atoms with Gasteiger partial charge in [-0.3, -0.25) is 14.6 Å². The third-order valence-electron chi connectivity index (χ3n) is 3.36. The zero-order valence-electron chi connectivity index (χ0n) is 14.9. The first-order valence-corrected chi connectivity index (χ1v) is 7.97. The van der Waals surface area contributed by atoms with Gasteiger partial charge in [-0.1, -0.05) is 12.1 Å². The number of aromatic nitrogens is 1. The summed E-state index contributed by atoms with van der Waals surface area (Å²) >= 11 is 0. The van der Waals surface area contributed by atoms with Crippen LogP contribution in [0.3, 0.4) is 0 Å². The van der Waals surface area contributed by atoms with Gasteiger partial charge in [0.25, 0.3) is 11.8 Å². The van der Waals surface area contributed by atoms with Crippen LogP contribution in [0.2, 0.25) is 0 Å². The van der Waals surface area contributed by atoms with E-state index in [0.29, 0.717) is 17.7 Å². The van der Waals surface area contributed by atoms with E-state index < -0.39 is 0 Å². The van der Waals surface area contributed by atoms with E-state index in [4.69, 9.17) is 4.74 Å². The number of hydrogen-bond acceptors (Lipinski definition) is 4. The van der Waals surface area contributed by atoms with Crippen molar-refractivity contribution in [3.8, 4) is 5.75 Å². The van der Waals surface area contributed by atoms with Gasteiger partial charge in [0.15, 0.2) is 0 Å². The molecule has 1 heterocycles. The molecule has 0 saturated carbocycles. The summed E-state index contributed by atoms with van der Waals surface area (Å²) in [5, 5.41) is 5.66. The number of nitrogens with zero attached hydrogens (tertiary/aromatic N) is 1. The number of methoxy groups -OCH3 is 1. The lowest BCUT2D eigenvalue weighted by Crippen LogP contribution is -2.40. The van der Waals surface area contributed by atoms with Crippen molar-refractivity contribution in [1.29, 1.82) is 0 Å². The van der Waals surface area contributed by atoms with Crippen LogP contribution in [-0.2, 0) is 6.54 Å². The largest absolute Gasteiger partial charge is 0.497 e. The minimum absolute atomic E-state index is 0.259. The molecule has 0 aliphatic carbocycles. The molecule has 1 aromatic heterocycles. The summed E-state index contributed by atoms with van der Waals surface area (Å²) in [7, 11) is 1.60. The van der Waals surface area contributed by atoms with Crippen LogP contribution >= 0.6 is 0 Å². The van der Waals surface area contributed by atoms with Crippen molar-refractivity contribution in [1.82, 2.24) is 15.6 Å². The van der Waals surface area contributed by atoms with Gasteiger partial charge in [0, 0.05) is 24.5 Å². The Morgan fingerprint density at radius 2 is 1.64 bits per heavy atom. The topological polar surface area (TPSA) is 80.3 Å². The van der Waals surface area contributed by atoms with Gasteiger partial charge >= 0.3 is 0 Å². The highest BCUT2D eigenvalue weighted by atomic mass is 16.5. The average molecular weight is 341 g/mol. The van der Waals surface area contributed by atoms with E-state index in [-0.39, 0.29) is 17.4 Å². The lowest BCUT2D eigenvalue weighted by atomic mass is 10.1. The quantitative estimate of drug-likeness (QED) is 0.876. The second kappa shape index (κ2) is 7.79. The fraction of sp³-hybridized carbons (Fsp3) is 0.316. The molecule has 6 heteroatoms. The molecule has 2 rings (SSSR count). The van der Waals surface area contributed by atoms with Gasteiger partial charge in [0.2, 0.25) is 0 Å². The highest BCUT2D eigenvalue weighted by Gasteiger charge is 2.17. The second-order valence-electron chi connectivity index (χ2n) is 6.70. The monoisotopic (exact) mass is 341 g/mol. The van der Waals surface area contributed by atoms with E-state index in [9.17, 15) is 9.59 Å². The SMILES string of the molecule is COc1ccc(CNC(=O)c2cncc(C(=O)NC(C)(C)C)c2)cc1. The van der Waals surface area contributed by atoms with Gasteiger partial charge < -0.3 is 15.4 Å². The van der Waals surface area contributed by atoms with Crippen LogP contribution in [0.25, 0.3) is 0 Å². The molecule has 2 N–H and O–H groups in total. The van der Waals surface area contributed by atoms with Crippen molar-refractivity contribution in [2.75, 3.05) is 7.11 Å². The maximum absolute atomic E-state index is 12.3. The first kappa shape index (κ1) is 18.4. The molecule has 6 nitrogen and oxygen atoms in total. The Hall–Kier alpha value is -2.89. The van der Waals surface area contributed by atoms with Crippen molar-refractivity contribution < 1.29 is 14.3 Å². The number of rotatable bonds is 5. The summed E-state index contributed by atoms with van der Waals surface area (Å²) in [4.78, 5) is 28.5. The van der Waals surface area contributed by atoms with Crippen LogP contribution in [0.1, 0.15) is 47.1 Å². The highest BCUT2D eigenvalue weighted by Crippen LogP contribution is 2.11.